The zero-order valence-electron chi connectivity index (χ0n) is 12.2. The third kappa shape index (κ3) is 3.28. The van der Waals surface area contributed by atoms with E-state index in [1.165, 1.54) is 19.3 Å². The topological polar surface area (TPSA) is 61.8 Å². The molecule has 0 aliphatic heterocycles. The summed E-state index contributed by atoms with van der Waals surface area (Å²) < 4.78 is 15.6. The SMILES string of the molecule is C=CC(=O)OCC(=O)OCOC12CC3CC(CC(C3)C1)C2. The summed E-state index contributed by atoms with van der Waals surface area (Å²) in [6, 6.07) is 0. The number of carbonyl (C=O) groups excluding carboxylic acids is 2. The van der Waals surface area contributed by atoms with Gasteiger partial charge >= 0.3 is 11.9 Å². The Morgan fingerprint density at radius 3 is 2.14 bits per heavy atom. The molecule has 0 heterocycles. The van der Waals surface area contributed by atoms with E-state index in [0.29, 0.717) is 0 Å². The van der Waals surface area contributed by atoms with Crippen LogP contribution in [0.1, 0.15) is 38.5 Å². The second kappa shape index (κ2) is 5.79. The molecule has 4 aliphatic rings. The maximum atomic E-state index is 11.4. The Morgan fingerprint density at radius 2 is 1.62 bits per heavy atom. The molecule has 0 unspecified atom stereocenters. The number of carbonyl (C=O) groups is 2. The van der Waals surface area contributed by atoms with Crippen LogP contribution in [0.25, 0.3) is 0 Å². The molecule has 0 amide bonds. The van der Waals surface area contributed by atoms with Gasteiger partial charge in [0.15, 0.2) is 13.4 Å². The van der Waals surface area contributed by atoms with Crippen molar-refractivity contribution in [2.75, 3.05) is 13.4 Å². The van der Waals surface area contributed by atoms with Crippen LogP contribution in [0.4, 0.5) is 0 Å². The van der Waals surface area contributed by atoms with Crippen molar-refractivity contribution in [3.63, 3.8) is 0 Å². The minimum absolute atomic E-state index is 0.0450. The fourth-order valence-electron chi connectivity index (χ4n) is 4.66. The van der Waals surface area contributed by atoms with Crippen molar-refractivity contribution >= 4 is 11.9 Å². The van der Waals surface area contributed by atoms with Crippen molar-refractivity contribution in [2.45, 2.75) is 44.1 Å². The summed E-state index contributed by atoms with van der Waals surface area (Å²) >= 11 is 0. The molecular weight excluding hydrogens is 272 g/mol. The molecule has 4 rings (SSSR count). The summed E-state index contributed by atoms with van der Waals surface area (Å²) in [5.74, 6) is 1.16. The first-order chi connectivity index (χ1) is 10.1. The van der Waals surface area contributed by atoms with E-state index in [4.69, 9.17) is 9.47 Å². The molecule has 4 saturated carbocycles. The van der Waals surface area contributed by atoms with Gasteiger partial charge in [-0.05, 0) is 56.3 Å². The standard InChI is InChI=1S/C16H22O5/c1-2-14(17)19-9-15(18)20-10-21-16-6-11-3-12(7-16)5-13(4-11)8-16/h2,11-13H,1,3-10H2. The first-order valence-electron chi connectivity index (χ1n) is 7.67. The van der Waals surface area contributed by atoms with Gasteiger partial charge in [0.2, 0.25) is 0 Å². The lowest BCUT2D eigenvalue weighted by Crippen LogP contribution is -2.52. The molecule has 4 aliphatic carbocycles. The number of ether oxygens (including phenoxy) is 3. The van der Waals surface area contributed by atoms with Crippen LogP contribution in [0.15, 0.2) is 12.7 Å². The van der Waals surface area contributed by atoms with E-state index in [-0.39, 0.29) is 12.4 Å². The molecule has 0 aromatic rings. The van der Waals surface area contributed by atoms with Crippen LogP contribution in [0.3, 0.4) is 0 Å². The van der Waals surface area contributed by atoms with Gasteiger partial charge in [-0.3, -0.25) is 0 Å². The molecule has 0 N–H and O–H groups in total. The lowest BCUT2D eigenvalue weighted by Gasteiger charge is -2.56. The molecule has 4 fully saturated rings. The molecule has 0 aromatic carbocycles. The Labute approximate surface area is 124 Å². The third-order valence-corrected chi connectivity index (χ3v) is 5.07. The van der Waals surface area contributed by atoms with Crippen LogP contribution < -0.4 is 0 Å². The van der Waals surface area contributed by atoms with Crippen molar-refractivity contribution in [3.8, 4) is 0 Å². The highest BCUT2D eigenvalue weighted by atomic mass is 16.7. The van der Waals surface area contributed by atoms with E-state index in [1.54, 1.807) is 0 Å². The van der Waals surface area contributed by atoms with Gasteiger partial charge < -0.3 is 14.2 Å². The van der Waals surface area contributed by atoms with E-state index in [0.717, 1.165) is 43.1 Å². The first kappa shape index (κ1) is 14.6. The van der Waals surface area contributed by atoms with Gasteiger partial charge in [0.05, 0.1) is 5.60 Å². The van der Waals surface area contributed by atoms with Gasteiger partial charge in [-0.25, -0.2) is 9.59 Å². The Balaban J connectivity index is 1.42. The number of esters is 2. The highest BCUT2D eigenvalue weighted by Gasteiger charge is 2.51. The Kier molecular flexibility index (Phi) is 4.02. The monoisotopic (exact) mass is 294 g/mol. The smallest absolute Gasteiger partial charge is 0.346 e. The van der Waals surface area contributed by atoms with Gasteiger partial charge in [-0.1, -0.05) is 6.58 Å². The van der Waals surface area contributed by atoms with Gasteiger partial charge in [-0.2, -0.15) is 0 Å². The predicted octanol–water partition coefficient (Wildman–Crippen LogP) is 2.20. The Hall–Kier alpha value is -1.36. The largest absolute Gasteiger partial charge is 0.451 e. The lowest BCUT2D eigenvalue weighted by atomic mass is 9.54. The van der Waals surface area contributed by atoms with E-state index in [9.17, 15) is 9.59 Å². The molecule has 4 bridgehead atoms. The molecule has 5 nitrogen and oxygen atoms in total. The lowest BCUT2D eigenvalue weighted by molar-refractivity contribution is -0.212. The Bertz CT molecular complexity index is 407. The maximum absolute atomic E-state index is 11.4. The summed E-state index contributed by atoms with van der Waals surface area (Å²) in [5.41, 5.74) is -0.0766. The molecule has 116 valence electrons. The van der Waals surface area contributed by atoms with E-state index in [2.05, 4.69) is 11.3 Å². The summed E-state index contributed by atoms with van der Waals surface area (Å²) in [7, 11) is 0. The average Bonchev–Trinajstić information content (AvgIpc) is 2.43. The van der Waals surface area contributed by atoms with Crippen molar-refractivity contribution in [2.24, 2.45) is 17.8 Å². The second-order valence-electron chi connectivity index (χ2n) is 6.69. The molecule has 0 aromatic heterocycles. The number of rotatable bonds is 6. The molecule has 5 heteroatoms. The highest BCUT2D eigenvalue weighted by Crippen LogP contribution is 2.57. The van der Waals surface area contributed by atoms with Gasteiger partial charge in [0.1, 0.15) is 0 Å². The quantitative estimate of drug-likeness (QED) is 0.427. The fraction of sp³-hybridized carbons (Fsp3) is 0.750. The van der Waals surface area contributed by atoms with Gasteiger partial charge in [-0.15, -0.1) is 0 Å². The zero-order chi connectivity index (χ0) is 14.9. The molecule has 0 spiro atoms. The zero-order valence-corrected chi connectivity index (χ0v) is 12.2. The van der Waals surface area contributed by atoms with Crippen LogP contribution in [0, 0.1) is 17.8 Å². The second-order valence-corrected chi connectivity index (χ2v) is 6.69. The van der Waals surface area contributed by atoms with Gasteiger partial charge in [0.25, 0.3) is 0 Å². The molecule has 0 saturated heterocycles. The van der Waals surface area contributed by atoms with E-state index < -0.39 is 18.5 Å². The minimum Gasteiger partial charge on any atom is -0.451 e. The first-order valence-corrected chi connectivity index (χ1v) is 7.67. The van der Waals surface area contributed by atoms with Crippen LogP contribution in [0.2, 0.25) is 0 Å². The summed E-state index contributed by atoms with van der Waals surface area (Å²) in [6.45, 7) is 2.82. The summed E-state index contributed by atoms with van der Waals surface area (Å²) in [6.07, 6.45) is 8.35. The van der Waals surface area contributed by atoms with Crippen LogP contribution >= 0.6 is 0 Å². The van der Waals surface area contributed by atoms with E-state index in [1.807, 2.05) is 0 Å². The van der Waals surface area contributed by atoms with Crippen molar-refractivity contribution < 1.29 is 23.8 Å². The maximum Gasteiger partial charge on any atom is 0.346 e. The average molecular weight is 294 g/mol. The number of hydrogen-bond donors (Lipinski definition) is 0. The molecular formula is C16H22O5. The Morgan fingerprint density at radius 1 is 1.05 bits per heavy atom. The number of hydrogen-bond acceptors (Lipinski definition) is 5. The van der Waals surface area contributed by atoms with E-state index >= 15 is 0 Å². The van der Waals surface area contributed by atoms with Crippen molar-refractivity contribution in [3.05, 3.63) is 12.7 Å². The highest BCUT2D eigenvalue weighted by molar-refractivity contribution is 5.83. The normalized spacial score (nSPS) is 36.3. The molecule has 0 atom stereocenters. The molecule has 0 radical (unpaired) electrons. The summed E-state index contributed by atoms with van der Waals surface area (Å²) in [5, 5.41) is 0. The molecule has 21 heavy (non-hydrogen) atoms. The van der Waals surface area contributed by atoms with Crippen LogP contribution in [0.5, 0.6) is 0 Å². The fourth-order valence-corrected chi connectivity index (χ4v) is 4.66. The minimum atomic E-state index is -0.631. The summed E-state index contributed by atoms with van der Waals surface area (Å²) in [4.78, 5) is 22.3. The van der Waals surface area contributed by atoms with Gasteiger partial charge in [0, 0.05) is 6.08 Å². The van der Waals surface area contributed by atoms with Crippen LogP contribution in [-0.2, 0) is 23.8 Å². The third-order valence-electron chi connectivity index (χ3n) is 5.07. The van der Waals surface area contributed by atoms with Crippen LogP contribution in [-0.4, -0.2) is 30.9 Å². The predicted molar refractivity (Wildman–Crippen MR) is 74.1 cm³/mol. The van der Waals surface area contributed by atoms with Crippen molar-refractivity contribution in [1.82, 2.24) is 0 Å². The van der Waals surface area contributed by atoms with Crippen molar-refractivity contribution in [1.29, 1.82) is 0 Å².